The highest BCUT2D eigenvalue weighted by Gasteiger charge is 2.30. The highest BCUT2D eigenvalue weighted by Crippen LogP contribution is 2.33. The second-order valence-electron chi connectivity index (χ2n) is 6.03. The molecule has 1 rings (SSSR count). The molecular weight excluding hydrogens is 279 g/mol. The Hall–Kier alpha value is -1.43. The average Bonchev–Trinajstić information content (AvgIpc) is 2.28. The molecule has 0 bridgehead atoms. The maximum Gasteiger partial charge on any atom is 0.416 e. The topological polar surface area (TPSA) is 41.3 Å². The van der Waals surface area contributed by atoms with Gasteiger partial charge in [0.05, 0.1) is 16.9 Å². The van der Waals surface area contributed by atoms with Crippen molar-refractivity contribution in [3.8, 4) is 0 Å². The van der Waals surface area contributed by atoms with E-state index in [1.807, 2.05) is 19.0 Å². The predicted octanol–water partition coefficient (Wildman–Crippen LogP) is 3.68. The molecule has 1 aromatic carbocycles. The minimum Gasteiger partial charge on any atom is -0.397 e. The van der Waals surface area contributed by atoms with Crippen molar-refractivity contribution < 1.29 is 13.2 Å². The largest absolute Gasteiger partial charge is 0.416 e. The van der Waals surface area contributed by atoms with Crippen LogP contribution in [0.3, 0.4) is 0 Å². The van der Waals surface area contributed by atoms with E-state index in [2.05, 4.69) is 19.2 Å². The highest BCUT2D eigenvalue weighted by atomic mass is 19.4. The fourth-order valence-corrected chi connectivity index (χ4v) is 2.28. The molecule has 0 amide bonds. The number of anilines is 2. The van der Waals surface area contributed by atoms with Crippen LogP contribution in [0.25, 0.3) is 0 Å². The molecule has 0 fully saturated rings. The Morgan fingerprint density at radius 1 is 1.24 bits per heavy atom. The standard InChI is InChI=1S/C15H24F3N3/c1-10(2)7-12(9-21(3)4)20-14-6-5-11(8-13(14)19)15(16,17)18/h5-6,8,10,12,20H,7,9,19H2,1-4H3. The minimum absolute atomic E-state index is 0.123. The molecule has 3 N–H and O–H groups in total. The first-order valence-electron chi connectivity index (χ1n) is 6.97. The molecular formula is C15H24F3N3. The number of likely N-dealkylation sites (N-methyl/N-ethyl adjacent to an activating group) is 1. The Morgan fingerprint density at radius 2 is 1.86 bits per heavy atom. The van der Waals surface area contributed by atoms with Crippen molar-refractivity contribution in [1.29, 1.82) is 0 Å². The van der Waals surface area contributed by atoms with Crippen LogP contribution in [0.1, 0.15) is 25.8 Å². The van der Waals surface area contributed by atoms with Crippen molar-refractivity contribution in [3.05, 3.63) is 23.8 Å². The van der Waals surface area contributed by atoms with E-state index in [1.165, 1.54) is 6.07 Å². The molecule has 0 saturated heterocycles. The first kappa shape index (κ1) is 17.6. The van der Waals surface area contributed by atoms with E-state index in [0.29, 0.717) is 11.6 Å². The molecule has 1 atom stereocenters. The molecule has 0 saturated carbocycles. The summed E-state index contributed by atoms with van der Waals surface area (Å²) in [4.78, 5) is 2.04. The summed E-state index contributed by atoms with van der Waals surface area (Å²) in [5.74, 6) is 0.484. The number of nitrogen functional groups attached to an aromatic ring is 1. The van der Waals surface area contributed by atoms with Crippen molar-refractivity contribution in [2.45, 2.75) is 32.5 Å². The van der Waals surface area contributed by atoms with Crippen LogP contribution in [0, 0.1) is 5.92 Å². The van der Waals surface area contributed by atoms with E-state index in [-0.39, 0.29) is 11.7 Å². The fraction of sp³-hybridized carbons (Fsp3) is 0.600. The molecule has 6 heteroatoms. The number of nitrogens with one attached hydrogen (secondary N) is 1. The predicted molar refractivity (Wildman–Crippen MR) is 81.3 cm³/mol. The summed E-state index contributed by atoms with van der Waals surface area (Å²) in [6.45, 7) is 5.01. The van der Waals surface area contributed by atoms with Gasteiger partial charge in [-0.2, -0.15) is 13.2 Å². The molecule has 0 radical (unpaired) electrons. The van der Waals surface area contributed by atoms with Gasteiger partial charge in [0.25, 0.3) is 0 Å². The Balaban J connectivity index is 2.88. The summed E-state index contributed by atoms with van der Waals surface area (Å²) in [6.07, 6.45) is -3.45. The van der Waals surface area contributed by atoms with E-state index in [4.69, 9.17) is 5.73 Å². The molecule has 0 aliphatic rings. The molecule has 1 unspecified atom stereocenters. The van der Waals surface area contributed by atoms with E-state index >= 15 is 0 Å². The Labute approximate surface area is 124 Å². The maximum absolute atomic E-state index is 12.6. The number of benzene rings is 1. The molecule has 0 aliphatic carbocycles. The van der Waals surface area contributed by atoms with Crippen LogP contribution in [0.4, 0.5) is 24.5 Å². The number of nitrogens with zero attached hydrogens (tertiary/aromatic N) is 1. The van der Waals surface area contributed by atoms with Crippen molar-refractivity contribution >= 4 is 11.4 Å². The Kier molecular flexibility index (Phi) is 5.89. The second-order valence-corrected chi connectivity index (χ2v) is 6.03. The molecule has 0 aliphatic heterocycles. The summed E-state index contributed by atoms with van der Waals surface area (Å²) in [5.41, 5.74) is 5.70. The lowest BCUT2D eigenvalue weighted by atomic mass is 10.0. The van der Waals surface area contributed by atoms with Gasteiger partial charge < -0.3 is 16.0 Å². The lowest BCUT2D eigenvalue weighted by Gasteiger charge is -2.26. The van der Waals surface area contributed by atoms with E-state index in [1.54, 1.807) is 0 Å². The van der Waals surface area contributed by atoms with E-state index < -0.39 is 11.7 Å². The third-order valence-corrected chi connectivity index (χ3v) is 3.08. The molecule has 0 aromatic heterocycles. The zero-order valence-electron chi connectivity index (χ0n) is 13.0. The SMILES string of the molecule is CC(C)CC(CN(C)C)Nc1ccc(C(F)(F)F)cc1N. The van der Waals surface area contributed by atoms with Crippen LogP contribution in [-0.4, -0.2) is 31.6 Å². The van der Waals surface area contributed by atoms with Gasteiger partial charge in [-0.1, -0.05) is 13.8 Å². The number of alkyl halides is 3. The van der Waals surface area contributed by atoms with Crippen molar-refractivity contribution in [1.82, 2.24) is 4.90 Å². The van der Waals surface area contributed by atoms with Gasteiger partial charge >= 0.3 is 6.18 Å². The van der Waals surface area contributed by atoms with Gasteiger partial charge in [-0.3, -0.25) is 0 Å². The van der Waals surface area contributed by atoms with Gasteiger partial charge in [-0.15, -0.1) is 0 Å². The Morgan fingerprint density at radius 3 is 2.29 bits per heavy atom. The smallest absolute Gasteiger partial charge is 0.397 e. The van der Waals surface area contributed by atoms with Gasteiger partial charge in [0.1, 0.15) is 0 Å². The zero-order valence-corrected chi connectivity index (χ0v) is 13.0. The van der Waals surface area contributed by atoms with Crippen LogP contribution in [0.2, 0.25) is 0 Å². The van der Waals surface area contributed by atoms with Crippen molar-refractivity contribution in [3.63, 3.8) is 0 Å². The van der Waals surface area contributed by atoms with Gasteiger partial charge in [0.2, 0.25) is 0 Å². The number of rotatable bonds is 6. The Bertz CT molecular complexity index is 446. The number of hydrogen-bond acceptors (Lipinski definition) is 3. The van der Waals surface area contributed by atoms with Crippen LogP contribution in [0.5, 0.6) is 0 Å². The second kappa shape index (κ2) is 7.02. The molecule has 0 spiro atoms. The number of halogens is 3. The summed E-state index contributed by atoms with van der Waals surface area (Å²) in [7, 11) is 3.93. The lowest BCUT2D eigenvalue weighted by Crippen LogP contribution is -2.33. The lowest BCUT2D eigenvalue weighted by molar-refractivity contribution is -0.137. The maximum atomic E-state index is 12.6. The monoisotopic (exact) mass is 303 g/mol. The molecule has 1 aromatic rings. The van der Waals surface area contributed by atoms with Crippen molar-refractivity contribution in [2.75, 3.05) is 31.7 Å². The third kappa shape index (κ3) is 5.83. The first-order chi connectivity index (χ1) is 9.59. The van der Waals surface area contributed by atoms with Crippen LogP contribution < -0.4 is 11.1 Å². The quantitative estimate of drug-likeness (QED) is 0.788. The summed E-state index contributed by atoms with van der Waals surface area (Å²) >= 11 is 0. The van der Waals surface area contributed by atoms with Crippen LogP contribution in [-0.2, 0) is 6.18 Å². The number of hydrogen-bond donors (Lipinski definition) is 2. The fourth-order valence-electron chi connectivity index (χ4n) is 2.28. The summed E-state index contributed by atoms with van der Waals surface area (Å²) < 4.78 is 37.9. The minimum atomic E-state index is -4.37. The van der Waals surface area contributed by atoms with E-state index in [0.717, 1.165) is 25.1 Å². The normalized spacial score (nSPS) is 13.8. The highest BCUT2D eigenvalue weighted by molar-refractivity contribution is 5.67. The van der Waals surface area contributed by atoms with Crippen molar-refractivity contribution in [2.24, 2.45) is 5.92 Å². The third-order valence-electron chi connectivity index (χ3n) is 3.08. The first-order valence-corrected chi connectivity index (χ1v) is 6.97. The summed E-state index contributed by atoms with van der Waals surface area (Å²) in [5, 5.41) is 3.25. The molecule has 21 heavy (non-hydrogen) atoms. The van der Waals surface area contributed by atoms with Crippen LogP contribution in [0.15, 0.2) is 18.2 Å². The van der Waals surface area contributed by atoms with Gasteiger partial charge in [0, 0.05) is 12.6 Å². The molecule has 3 nitrogen and oxygen atoms in total. The van der Waals surface area contributed by atoms with E-state index in [9.17, 15) is 13.2 Å². The van der Waals surface area contributed by atoms with Gasteiger partial charge in [-0.25, -0.2) is 0 Å². The van der Waals surface area contributed by atoms with Gasteiger partial charge in [-0.05, 0) is 44.6 Å². The average molecular weight is 303 g/mol. The molecule has 0 heterocycles. The van der Waals surface area contributed by atoms with Gasteiger partial charge in [0.15, 0.2) is 0 Å². The molecule has 120 valence electrons. The zero-order chi connectivity index (χ0) is 16.2. The summed E-state index contributed by atoms with van der Waals surface area (Å²) in [6, 6.07) is 3.57. The number of nitrogens with two attached hydrogens (primary N) is 1. The van der Waals surface area contributed by atoms with Crippen LogP contribution >= 0.6 is 0 Å².